The molecule has 1 saturated heterocycles. The van der Waals surface area contributed by atoms with Crippen molar-refractivity contribution in [2.75, 3.05) is 19.6 Å². The van der Waals surface area contributed by atoms with Gasteiger partial charge < -0.3 is 14.2 Å². The zero-order valence-electron chi connectivity index (χ0n) is 15.9. The quantitative estimate of drug-likeness (QED) is 0.866. The molecule has 2 heterocycles. The molecule has 134 valence electrons. The van der Waals surface area contributed by atoms with E-state index >= 15 is 0 Å². The average molecular weight is 341 g/mol. The van der Waals surface area contributed by atoms with Crippen LogP contribution in [0, 0.1) is 20.8 Å². The summed E-state index contributed by atoms with van der Waals surface area (Å²) in [6.45, 7) is 12.7. The van der Waals surface area contributed by atoms with E-state index in [-0.39, 0.29) is 18.0 Å². The van der Waals surface area contributed by atoms with Crippen LogP contribution in [-0.4, -0.2) is 42.2 Å². The molecule has 1 aliphatic rings. The Bertz CT molecular complexity index is 751. The zero-order chi connectivity index (χ0) is 18.1. The summed E-state index contributed by atoms with van der Waals surface area (Å²) in [5, 5.41) is 0. The Kier molecular flexibility index (Phi) is 5.11. The average Bonchev–Trinajstić information content (AvgIpc) is 2.82. The maximum atomic E-state index is 12.9. The highest BCUT2D eigenvalue weighted by atomic mass is 16.5. The van der Waals surface area contributed by atoms with E-state index in [2.05, 4.69) is 56.5 Å². The number of ether oxygens (including phenoxy) is 1. The highest BCUT2D eigenvalue weighted by Gasteiger charge is 2.28. The number of aromatic nitrogens is 1. The summed E-state index contributed by atoms with van der Waals surface area (Å²) in [4.78, 5) is 14.2. The number of ketones is 1. The van der Waals surface area contributed by atoms with Gasteiger partial charge in [0.15, 0.2) is 0 Å². The molecule has 1 fully saturated rings. The molecule has 1 aromatic heterocycles. The standard InChI is InChI=1S/C21H28N2O2/c1-14-6-8-19(9-7-14)23-15(2)10-20(18(23)5)21(24)13-22-11-16(3)25-17(4)12-22/h6-10,16-17H,11-13H2,1-5H3/p+1/t16-,17-/m0/s1. The topological polar surface area (TPSA) is 35.7 Å². The summed E-state index contributed by atoms with van der Waals surface area (Å²) in [7, 11) is 0. The van der Waals surface area contributed by atoms with Gasteiger partial charge >= 0.3 is 0 Å². The molecule has 0 amide bonds. The Morgan fingerprint density at radius 2 is 1.72 bits per heavy atom. The molecular weight excluding hydrogens is 312 g/mol. The minimum Gasteiger partial charge on any atom is -0.364 e. The normalized spacial score (nSPS) is 23.6. The van der Waals surface area contributed by atoms with Crippen LogP contribution in [0.3, 0.4) is 0 Å². The van der Waals surface area contributed by atoms with Gasteiger partial charge in [-0.2, -0.15) is 0 Å². The molecule has 0 unspecified atom stereocenters. The molecule has 0 aliphatic carbocycles. The van der Waals surface area contributed by atoms with E-state index in [0.29, 0.717) is 6.54 Å². The Hall–Kier alpha value is -1.91. The number of carbonyl (C=O) groups excluding carboxylic acids is 1. The first kappa shape index (κ1) is 17.9. The van der Waals surface area contributed by atoms with E-state index in [0.717, 1.165) is 35.7 Å². The predicted octanol–water partition coefficient (Wildman–Crippen LogP) is 2.28. The third kappa shape index (κ3) is 3.86. The number of rotatable bonds is 4. The SMILES string of the molecule is Cc1ccc(-n2c(C)cc(C(=O)C[NH+]3C[C@H](C)O[C@@H](C)C3)c2C)cc1. The number of hydrogen-bond donors (Lipinski definition) is 1. The number of aryl methyl sites for hydroxylation is 2. The second kappa shape index (κ2) is 7.14. The van der Waals surface area contributed by atoms with Crippen molar-refractivity contribution in [2.45, 2.75) is 46.8 Å². The molecular formula is C21H29N2O2+. The lowest BCUT2D eigenvalue weighted by Crippen LogP contribution is -3.16. The Morgan fingerprint density at radius 1 is 1.12 bits per heavy atom. The van der Waals surface area contributed by atoms with Crippen LogP contribution in [0.1, 0.15) is 41.2 Å². The first-order valence-corrected chi connectivity index (χ1v) is 9.13. The Balaban J connectivity index is 1.82. The van der Waals surface area contributed by atoms with Crippen LogP contribution in [-0.2, 0) is 4.74 Å². The fourth-order valence-electron chi connectivity index (χ4n) is 3.99. The highest BCUT2D eigenvalue weighted by Crippen LogP contribution is 2.21. The van der Waals surface area contributed by atoms with E-state index in [1.54, 1.807) is 0 Å². The van der Waals surface area contributed by atoms with E-state index in [9.17, 15) is 4.79 Å². The Labute approximate surface area is 150 Å². The maximum Gasteiger partial charge on any atom is 0.218 e. The van der Waals surface area contributed by atoms with Crippen LogP contribution in [0.15, 0.2) is 30.3 Å². The van der Waals surface area contributed by atoms with Gasteiger partial charge in [0.05, 0.1) is 0 Å². The van der Waals surface area contributed by atoms with E-state index in [1.807, 2.05) is 13.0 Å². The summed E-state index contributed by atoms with van der Waals surface area (Å²) in [6.07, 6.45) is 0.429. The van der Waals surface area contributed by atoms with Gasteiger partial charge in [0.2, 0.25) is 5.78 Å². The summed E-state index contributed by atoms with van der Waals surface area (Å²) in [5.74, 6) is 0.225. The summed E-state index contributed by atoms with van der Waals surface area (Å²) in [6, 6.07) is 10.5. The number of morpholine rings is 1. The molecule has 3 rings (SSSR count). The zero-order valence-corrected chi connectivity index (χ0v) is 15.9. The van der Waals surface area contributed by atoms with Crippen molar-refractivity contribution in [3.63, 3.8) is 0 Å². The maximum absolute atomic E-state index is 12.9. The van der Waals surface area contributed by atoms with Crippen LogP contribution in [0.2, 0.25) is 0 Å². The lowest BCUT2D eigenvalue weighted by atomic mass is 10.1. The van der Waals surface area contributed by atoms with Gasteiger partial charge in [-0.1, -0.05) is 17.7 Å². The van der Waals surface area contributed by atoms with Crippen molar-refractivity contribution >= 4 is 5.78 Å². The van der Waals surface area contributed by atoms with E-state index in [4.69, 9.17) is 4.74 Å². The van der Waals surface area contributed by atoms with Crippen LogP contribution in [0.5, 0.6) is 0 Å². The molecule has 0 radical (unpaired) electrons. The van der Waals surface area contributed by atoms with Crippen molar-refractivity contribution < 1.29 is 14.4 Å². The lowest BCUT2D eigenvalue weighted by Gasteiger charge is -2.31. The minimum absolute atomic E-state index is 0.214. The van der Waals surface area contributed by atoms with Gasteiger partial charge in [-0.25, -0.2) is 0 Å². The first-order chi connectivity index (χ1) is 11.8. The Morgan fingerprint density at radius 3 is 2.32 bits per heavy atom. The number of benzene rings is 1. The number of hydrogen-bond acceptors (Lipinski definition) is 2. The van der Waals surface area contributed by atoms with Crippen LogP contribution >= 0.6 is 0 Å². The van der Waals surface area contributed by atoms with Crippen molar-refractivity contribution in [1.29, 1.82) is 0 Å². The van der Waals surface area contributed by atoms with Gasteiger partial charge in [0, 0.05) is 22.6 Å². The molecule has 1 aliphatic heterocycles. The fourth-order valence-corrected chi connectivity index (χ4v) is 3.99. The minimum atomic E-state index is 0.214. The lowest BCUT2D eigenvalue weighted by molar-refractivity contribution is -0.906. The molecule has 1 aromatic carbocycles. The van der Waals surface area contributed by atoms with Crippen molar-refractivity contribution in [1.82, 2.24) is 4.57 Å². The molecule has 2 aromatic rings. The van der Waals surface area contributed by atoms with Gasteiger partial charge in [-0.15, -0.1) is 0 Å². The summed E-state index contributed by atoms with van der Waals surface area (Å²) >= 11 is 0. The van der Waals surface area contributed by atoms with Gasteiger partial charge in [0.1, 0.15) is 31.8 Å². The summed E-state index contributed by atoms with van der Waals surface area (Å²) < 4.78 is 7.96. The smallest absolute Gasteiger partial charge is 0.218 e. The van der Waals surface area contributed by atoms with Crippen LogP contribution in [0.4, 0.5) is 0 Å². The molecule has 0 spiro atoms. The number of carbonyl (C=O) groups is 1. The molecule has 4 heteroatoms. The molecule has 2 atom stereocenters. The molecule has 0 saturated carbocycles. The number of nitrogens with one attached hydrogen (secondary N) is 1. The molecule has 25 heavy (non-hydrogen) atoms. The second-order valence-electron chi connectivity index (χ2n) is 7.47. The van der Waals surface area contributed by atoms with Gasteiger partial charge in [-0.05, 0) is 52.8 Å². The molecule has 1 N–H and O–H groups in total. The number of Topliss-reactive ketones (excluding diaryl/α,β-unsaturated/α-hetero) is 1. The molecule has 0 bridgehead atoms. The third-order valence-electron chi connectivity index (χ3n) is 5.05. The monoisotopic (exact) mass is 341 g/mol. The van der Waals surface area contributed by atoms with Crippen LogP contribution < -0.4 is 4.90 Å². The highest BCUT2D eigenvalue weighted by molar-refractivity contribution is 5.98. The number of nitrogens with zero attached hydrogens (tertiary/aromatic N) is 1. The number of quaternary nitrogens is 1. The fraction of sp³-hybridized carbons (Fsp3) is 0.476. The van der Waals surface area contributed by atoms with E-state index < -0.39 is 0 Å². The van der Waals surface area contributed by atoms with Crippen LogP contribution in [0.25, 0.3) is 5.69 Å². The first-order valence-electron chi connectivity index (χ1n) is 9.13. The molecule has 4 nitrogen and oxygen atoms in total. The van der Waals surface area contributed by atoms with Crippen molar-refractivity contribution in [3.05, 3.63) is 52.8 Å². The van der Waals surface area contributed by atoms with Gasteiger partial charge in [0.25, 0.3) is 0 Å². The van der Waals surface area contributed by atoms with E-state index in [1.165, 1.54) is 10.5 Å². The third-order valence-corrected chi connectivity index (χ3v) is 5.05. The summed E-state index contributed by atoms with van der Waals surface area (Å²) in [5.41, 5.74) is 5.32. The van der Waals surface area contributed by atoms with Gasteiger partial charge in [-0.3, -0.25) is 4.79 Å². The largest absolute Gasteiger partial charge is 0.364 e. The predicted molar refractivity (Wildman–Crippen MR) is 99.9 cm³/mol. The van der Waals surface area contributed by atoms with Crippen molar-refractivity contribution in [3.8, 4) is 5.69 Å². The van der Waals surface area contributed by atoms with Crippen molar-refractivity contribution in [2.24, 2.45) is 0 Å². The second-order valence-corrected chi connectivity index (χ2v) is 7.47.